The number of phenols is 1. The first-order valence-electron chi connectivity index (χ1n) is 10.5. The van der Waals surface area contributed by atoms with Crippen LogP contribution in [0.5, 0.6) is 5.75 Å². The maximum Gasteiger partial charge on any atom is 0.339 e. The summed E-state index contributed by atoms with van der Waals surface area (Å²) in [5.74, 6) is -1.37. The summed E-state index contributed by atoms with van der Waals surface area (Å²) in [6, 6.07) is 16.5. The van der Waals surface area contributed by atoms with Crippen LogP contribution in [0, 0.1) is 13.8 Å². The fraction of sp³-hybridized carbons (Fsp3) is 0.240. The SMILES string of the molecule is Cc1ccc2c(c1C)N(CCCNCc1ccc(O)c(C(=O)O)c1)c1ccccc1S2=O. The van der Waals surface area contributed by atoms with Gasteiger partial charge in [0.25, 0.3) is 0 Å². The van der Waals surface area contributed by atoms with Gasteiger partial charge < -0.3 is 20.4 Å². The Balaban J connectivity index is 1.47. The van der Waals surface area contributed by atoms with Gasteiger partial charge in [0.15, 0.2) is 0 Å². The highest BCUT2D eigenvalue weighted by Crippen LogP contribution is 2.44. The van der Waals surface area contributed by atoms with Crippen molar-refractivity contribution >= 4 is 28.1 Å². The number of para-hydroxylation sites is 1. The maximum absolute atomic E-state index is 13.2. The standard InChI is InChI=1S/C25H26N2O4S/c1-16-8-11-23-24(17(16)2)27(20-6-3-4-7-22(20)32(23)31)13-5-12-26-15-18-9-10-21(28)19(14-18)25(29)30/h3-4,6-11,14,26,28H,5,12-13,15H2,1-2H3,(H,29,30). The zero-order valence-corrected chi connectivity index (χ0v) is 18.9. The van der Waals surface area contributed by atoms with Gasteiger partial charge in [0.2, 0.25) is 0 Å². The number of fused-ring (bicyclic) bond motifs is 2. The second-order valence-corrected chi connectivity index (χ2v) is 9.35. The van der Waals surface area contributed by atoms with E-state index in [1.165, 1.54) is 17.7 Å². The third-order valence-electron chi connectivity index (χ3n) is 5.85. The van der Waals surface area contributed by atoms with Gasteiger partial charge in [-0.2, -0.15) is 0 Å². The Bertz CT molecular complexity index is 1210. The predicted octanol–water partition coefficient (Wildman–Crippen LogP) is 4.51. The molecule has 4 rings (SSSR count). The average Bonchev–Trinajstić information content (AvgIpc) is 2.78. The zero-order valence-electron chi connectivity index (χ0n) is 18.1. The lowest BCUT2D eigenvalue weighted by Gasteiger charge is -2.34. The second kappa shape index (κ2) is 9.14. The van der Waals surface area contributed by atoms with Crippen molar-refractivity contribution in [3.8, 4) is 5.75 Å². The molecule has 0 saturated carbocycles. The number of nitrogens with zero attached hydrogens (tertiary/aromatic N) is 1. The molecule has 1 atom stereocenters. The molecule has 1 aliphatic heterocycles. The summed E-state index contributed by atoms with van der Waals surface area (Å²) in [4.78, 5) is 15.1. The molecule has 0 amide bonds. The molecule has 0 aromatic heterocycles. The molecule has 0 fully saturated rings. The van der Waals surface area contributed by atoms with E-state index >= 15 is 0 Å². The van der Waals surface area contributed by atoms with E-state index in [2.05, 4.69) is 24.1 Å². The Morgan fingerprint density at radius 2 is 1.84 bits per heavy atom. The monoisotopic (exact) mass is 450 g/mol. The Morgan fingerprint density at radius 1 is 1.06 bits per heavy atom. The van der Waals surface area contributed by atoms with Crippen molar-refractivity contribution in [1.82, 2.24) is 5.32 Å². The van der Waals surface area contributed by atoms with Gasteiger partial charge in [-0.25, -0.2) is 9.00 Å². The molecule has 6 nitrogen and oxygen atoms in total. The Hall–Kier alpha value is -3.16. The largest absolute Gasteiger partial charge is 0.507 e. The molecule has 3 aromatic carbocycles. The van der Waals surface area contributed by atoms with Crippen LogP contribution >= 0.6 is 0 Å². The van der Waals surface area contributed by atoms with E-state index in [-0.39, 0.29) is 11.3 Å². The number of nitrogens with one attached hydrogen (secondary N) is 1. The van der Waals surface area contributed by atoms with E-state index in [1.807, 2.05) is 36.4 Å². The van der Waals surface area contributed by atoms with Crippen LogP contribution < -0.4 is 10.2 Å². The highest BCUT2D eigenvalue weighted by molar-refractivity contribution is 7.85. The molecular formula is C25H26N2O4S. The molecule has 1 heterocycles. The smallest absolute Gasteiger partial charge is 0.339 e. The van der Waals surface area contributed by atoms with Crippen LogP contribution in [0.15, 0.2) is 64.4 Å². The van der Waals surface area contributed by atoms with Crippen LogP contribution in [0.3, 0.4) is 0 Å². The molecule has 0 bridgehead atoms. The van der Waals surface area contributed by atoms with Crippen molar-refractivity contribution in [3.05, 3.63) is 76.9 Å². The van der Waals surface area contributed by atoms with E-state index in [9.17, 15) is 14.1 Å². The van der Waals surface area contributed by atoms with E-state index in [0.29, 0.717) is 6.54 Å². The third-order valence-corrected chi connectivity index (χ3v) is 7.32. The summed E-state index contributed by atoms with van der Waals surface area (Å²) in [5, 5.41) is 22.2. The molecule has 166 valence electrons. The zero-order chi connectivity index (χ0) is 22.8. The average molecular weight is 451 g/mol. The quantitative estimate of drug-likeness (QED) is 0.459. The van der Waals surface area contributed by atoms with E-state index in [1.54, 1.807) is 6.07 Å². The summed E-state index contributed by atoms with van der Waals surface area (Å²) in [6.45, 7) is 6.15. The number of aromatic hydroxyl groups is 1. The van der Waals surface area contributed by atoms with E-state index in [4.69, 9.17) is 5.11 Å². The van der Waals surface area contributed by atoms with Gasteiger partial charge >= 0.3 is 5.97 Å². The van der Waals surface area contributed by atoms with Crippen molar-refractivity contribution in [2.24, 2.45) is 0 Å². The summed E-state index contributed by atoms with van der Waals surface area (Å²) in [5.41, 5.74) is 5.04. The minimum absolute atomic E-state index is 0.0929. The number of rotatable bonds is 7. The minimum atomic E-state index is -1.20. The Kier molecular flexibility index (Phi) is 6.30. The summed E-state index contributed by atoms with van der Waals surface area (Å²) in [7, 11) is -1.20. The Morgan fingerprint density at radius 3 is 2.62 bits per heavy atom. The summed E-state index contributed by atoms with van der Waals surface area (Å²) >= 11 is 0. The van der Waals surface area contributed by atoms with Crippen LogP contribution in [0.1, 0.15) is 33.5 Å². The first-order chi connectivity index (χ1) is 15.4. The van der Waals surface area contributed by atoms with Crippen LogP contribution in [-0.2, 0) is 17.3 Å². The lowest BCUT2D eigenvalue weighted by molar-refractivity contribution is 0.0693. The molecule has 0 saturated heterocycles. The van der Waals surface area contributed by atoms with Gasteiger partial charge in [-0.15, -0.1) is 0 Å². The summed E-state index contributed by atoms with van der Waals surface area (Å²) < 4.78 is 13.2. The molecule has 0 aliphatic carbocycles. The third kappa shape index (κ3) is 4.13. The van der Waals surface area contributed by atoms with Gasteiger partial charge in [0.1, 0.15) is 11.3 Å². The number of hydrogen-bond donors (Lipinski definition) is 3. The fourth-order valence-corrected chi connectivity index (χ4v) is 5.47. The van der Waals surface area contributed by atoms with Crippen LogP contribution in [0.2, 0.25) is 0 Å². The van der Waals surface area contributed by atoms with E-state index < -0.39 is 16.8 Å². The number of aryl methyl sites for hydroxylation is 1. The van der Waals surface area contributed by atoms with Crippen molar-refractivity contribution < 1.29 is 19.2 Å². The Labute approximate surface area is 190 Å². The number of carboxylic acid groups (broad SMARTS) is 1. The maximum atomic E-state index is 13.2. The first-order valence-corrected chi connectivity index (χ1v) is 11.7. The number of aromatic carboxylic acids is 1. The second-order valence-electron chi connectivity index (χ2n) is 7.93. The van der Waals surface area contributed by atoms with Crippen LogP contribution in [0.25, 0.3) is 0 Å². The summed E-state index contributed by atoms with van der Waals surface area (Å²) in [6.07, 6.45) is 0.845. The predicted molar refractivity (Wildman–Crippen MR) is 125 cm³/mol. The molecule has 1 unspecified atom stereocenters. The highest BCUT2D eigenvalue weighted by atomic mass is 32.2. The number of benzene rings is 3. The number of anilines is 2. The molecule has 32 heavy (non-hydrogen) atoms. The molecule has 3 N–H and O–H groups in total. The van der Waals surface area contributed by atoms with Crippen molar-refractivity contribution in [1.29, 1.82) is 0 Å². The lowest BCUT2D eigenvalue weighted by atomic mass is 10.1. The van der Waals surface area contributed by atoms with Crippen LogP contribution in [-0.4, -0.2) is 33.5 Å². The first kappa shape index (κ1) is 22.0. The normalized spacial score (nSPS) is 14.7. The molecule has 7 heteroatoms. The van der Waals surface area contributed by atoms with Gasteiger partial charge in [0, 0.05) is 13.1 Å². The topological polar surface area (TPSA) is 89.9 Å². The molecule has 3 aromatic rings. The fourth-order valence-electron chi connectivity index (χ4n) is 4.03. The molecule has 0 radical (unpaired) electrons. The van der Waals surface area contributed by atoms with E-state index in [0.717, 1.165) is 51.8 Å². The number of carboxylic acids is 1. The molecule has 0 spiro atoms. The van der Waals surface area contributed by atoms with Gasteiger partial charge in [0.05, 0.1) is 32.0 Å². The number of hydrogen-bond acceptors (Lipinski definition) is 5. The van der Waals surface area contributed by atoms with Gasteiger partial charge in [-0.3, -0.25) is 0 Å². The van der Waals surface area contributed by atoms with Gasteiger partial charge in [-0.1, -0.05) is 24.3 Å². The highest BCUT2D eigenvalue weighted by Gasteiger charge is 2.29. The lowest BCUT2D eigenvalue weighted by Crippen LogP contribution is -2.28. The van der Waals surface area contributed by atoms with Gasteiger partial charge in [-0.05, 0) is 73.8 Å². The molecular weight excluding hydrogens is 424 g/mol. The van der Waals surface area contributed by atoms with Crippen LogP contribution in [0.4, 0.5) is 11.4 Å². The number of carbonyl (C=O) groups is 1. The minimum Gasteiger partial charge on any atom is -0.507 e. The van der Waals surface area contributed by atoms with Crippen molar-refractivity contribution in [2.45, 2.75) is 36.6 Å². The van der Waals surface area contributed by atoms with Crippen molar-refractivity contribution in [3.63, 3.8) is 0 Å². The van der Waals surface area contributed by atoms with Crippen molar-refractivity contribution in [2.75, 3.05) is 18.0 Å². The molecule has 1 aliphatic rings.